The second-order valence-electron chi connectivity index (χ2n) is 2.91. The van der Waals surface area contributed by atoms with E-state index >= 15 is 0 Å². The smallest absolute Gasteiger partial charge is 0.271 e. The summed E-state index contributed by atoms with van der Waals surface area (Å²) >= 11 is 4.35. The van der Waals surface area contributed by atoms with E-state index in [-0.39, 0.29) is 4.21 Å². The van der Waals surface area contributed by atoms with Gasteiger partial charge in [-0.2, -0.15) is 0 Å². The first-order chi connectivity index (χ1) is 7.58. The third kappa shape index (κ3) is 2.60. The second-order valence-corrected chi connectivity index (χ2v) is 6.58. The molecule has 7 heteroatoms. The van der Waals surface area contributed by atoms with Crippen LogP contribution in [0.25, 0.3) is 0 Å². The van der Waals surface area contributed by atoms with Gasteiger partial charge in [0.25, 0.3) is 10.0 Å². The lowest BCUT2D eigenvalue weighted by Crippen LogP contribution is -2.11. The molecule has 16 heavy (non-hydrogen) atoms. The predicted octanol–water partition coefficient (Wildman–Crippen LogP) is 2.71. The quantitative estimate of drug-likeness (QED) is 0.885. The van der Waals surface area contributed by atoms with Crippen molar-refractivity contribution in [1.29, 1.82) is 0 Å². The van der Waals surface area contributed by atoms with E-state index in [2.05, 4.69) is 25.6 Å². The topological polar surface area (TPSA) is 59.1 Å². The zero-order chi connectivity index (χ0) is 11.6. The van der Waals surface area contributed by atoms with Crippen molar-refractivity contribution in [1.82, 2.24) is 4.98 Å². The molecule has 0 aliphatic carbocycles. The fourth-order valence-electron chi connectivity index (χ4n) is 1.06. The Kier molecular flexibility index (Phi) is 3.27. The van der Waals surface area contributed by atoms with Crippen LogP contribution < -0.4 is 4.72 Å². The Hall–Kier alpha value is -0.920. The van der Waals surface area contributed by atoms with Crippen LogP contribution in [-0.4, -0.2) is 13.4 Å². The second kappa shape index (κ2) is 4.52. The van der Waals surface area contributed by atoms with E-state index < -0.39 is 10.0 Å². The lowest BCUT2D eigenvalue weighted by molar-refractivity contribution is 0.603. The normalized spacial score (nSPS) is 11.3. The number of thiophene rings is 1. The largest absolute Gasteiger partial charge is 0.277 e. The molecular formula is C9H7BrN2O2S2. The van der Waals surface area contributed by atoms with Crippen LogP contribution in [0.3, 0.4) is 0 Å². The number of pyridine rings is 1. The number of aromatic nitrogens is 1. The molecule has 1 N–H and O–H groups in total. The average molecular weight is 319 g/mol. The van der Waals surface area contributed by atoms with Gasteiger partial charge in [-0.15, -0.1) is 11.3 Å². The van der Waals surface area contributed by atoms with Crippen molar-refractivity contribution >= 4 is 43.0 Å². The number of sulfonamides is 1. The molecule has 0 unspecified atom stereocenters. The fraction of sp³-hybridized carbons (Fsp3) is 0. The Bertz CT molecular complexity index is 564. The Morgan fingerprint density at radius 1 is 1.31 bits per heavy atom. The van der Waals surface area contributed by atoms with Crippen molar-refractivity contribution in [2.24, 2.45) is 0 Å². The van der Waals surface area contributed by atoms with Gasteiger partial charge < -0.3 is 0 Å². The molecule has 0 spiro atoms. The number of nitrogens with zero attached hydrogens (tertiary/aromatic N) is 1. The van der Waals surface area contributed by atoms with Gasteiger partial charge in [-0.3, -0.25) is 4.72 Å². The van der Waals surface area contributed by atoms with E-state index in [9.17, 15) is 8.42 Å². The number of rotatable bonds is 3. The third-order valence-electron chi connectivity index (χ3n) is 1.74. The summed E-state index contributed by atoms with van der Waals surface area (Å²) in [5.41, 5.74) is 0.441. The van der Waals surface area contributed by atoms with Crippen molar-refractivity contribution in [3.63, 3.8) is 0 Å². The molecule has 4 nitrogen and oxygen atoms in total. The molecule has 2 rings (SSSR count). The average Bonchev–Trinajstić information content (AvgIpc) is 2.75. The summed E-state index contributed by atoms with van der Waals surface area (Å²) in [6, 6.07) is 6.56. The molecule has 2 heterocycles. The maximum atomic E-state index is 11.8. The molecule has 0 bridgehead atoms. The highest BCUT2D eigenvalue weighted by Crippen LogP contribution is 2.20. The highest BCUT2D eigenvalue weighted by Gasteiger charge is 2.14. The summed E-state index contributed by atoms with van der Waals surface area (Å²) in [5.74, 6) is 0. The van der Waals surface area contributed by atoms with Crippen LogP contribution in [0.4, 0.5) is 5.69 Å². The molecule has 0 amide bonds. The highest BCUT2D eigenvalue weighted by molar-refractivity contribution is 9.10. The highest BCUT2D eigenvalue weighted by atomic mass is 79.9. The minimum Gasteiger partial charge on any atom is -0.277 e. The number of hydrogen-bond acceptors (Lipinski definition) is 4. The number of halogens is 1. The molecule has 0 aliphatic rings. The van der Waals surface area contributed by atoms with E-state index in [4.69, 9.17) is 0 Å². The maximum absolute atomic E-state index is 11.8. The molecule has 2 aromatic heterocycles. The van der Waals surface area contributed by atoms with Gasteiger partial charge >= 0.3 is 0 Å². The van der Waals surface area contributed by atoms with Crippen molar-refractivity contribution in [2.45, 2.75) is 4.21 Å². The SMILES string of the molecule is O=S(=O)(Nc1ccc(Br)nc1)c1cccs1. The zero-order valence-corrected chi connectivity index (χ0v) is 11.1. The van der Waals surface area contributed by atoms with Gasteiger partial charge in [0.2, 0.25) is 0 Å². The Labute approximate surface area is 106 Å². The van der Waals surface area contributed by atoms with Gasteiger partial charge in [0.05, 0.1) is 11.9 Å². The van der Waals surface area contributed by atoms with Gasteiger partial charge in [0, 0.05) is 0 Å². The lowest BCUT2D eigenvalue weighted by Gasteiger charge is -2.05. The molecule has 0 fully saturated rings. The molecular weight excluding hydrogens is 312 g/mol. The molecule has 0 saturated carbocycles. The van der Waals surface area contributed by atoms with Crippen LogP contribution in [0.1, 0.15) is 0 Å². The summed E-state index contributed by atoms with van der Waals surface area (Å²) < 4.78 is 27.0. The van der Waals surface area contributed by atoms with Gasteiger partial charge in [-0.1, -0.05) is 6.07 Å². The Morgan fingerprint density at radius 2 is 2.12 bits per heavy atom. The molecule has 2 aromatic rings. The number of anilines is 1. The fourth-order valence-corrected chi connectivity index (χ4v) is 3.33. The van der Waals surface area contributed by atoms with Gasteiger partial charge in [-0.05, 0) is 39.5 Å². The summed E-state index contributed by atoms with van der Waals surface area (Å²) in [6.45, 7) is 0. The van der Waals surface area contributed by atoms with Crippen molar-refractivity contribution < 1.29 is 8.42 Å². The third-order valence-corrected chi connectivity index (χ3v) is 4.99. The number of hydrogen-bond donors (Lipinski definition) is 1. The zero-order valence-electron chi connectivity index (χ0n) is 7.92. The van der Waals surface area contributed by atoms with Gasteiger partial charge in [0.1, 0.15) is 8.81 Å². The molecule has 0 aliphatic heterocycles. The minimum absolute atomic E-state index is 0.287. The van der Waals surface area contributed by atoms with E-state index in [0.717, 1.165) is 0 Å². The van der Waals surface area contributed by atoms with Gasteiger partial charge in [0.15, 0.2) is 0 Å². The van der Waals surface area contributed by atoms with Crippen LogP contribution in [0.5, 0.6) is 0 Å². The summed E-state index contributed by atoms with van der Waals surface area (Å²) in [7, 11) is -3.47. The maximum Gasteiger partial charge on any atom is 0.271 e. The Balaban J connectivity index is 2.25. The van der Waals surface area contributed by atoms with Gasteiger partial charge in [-0.25, -0.2) is 13.4 Å². The van der Waals surface area contributed by atoms with Crippen LogP contribution in [-0.2, 0) is 10.0 Å². The molecule has 0 radical (unpaired) electrons. The summed E-state index contributed by atoms with van der Waals surface area (Å²) in [4.78, 5) is 3.94. The monoisotopic (exact) mass is 318 g/mol. The molecule has 0 saturated heterocycles. The predicted molar refractivity (Wildman–Crippen MR) is 67.1 cm³/mol. The summed E-state index contributed by atoms with van der Waals surface area (Å²) in [6.07, 6.45) is 1.45. The van der Waals surface area contributed by atoms with E-state index in [0.29, 0.717) is 10.3 Å². The van der Waals surface area contributed by atoms with E-state index in [1.807, 2.05) is 0 Å². The van der Waals surface area contributed by atoms with Crippen molar-refractivity contribution in [2.75, 3.05) is 4.72 Å². The molecule has 0 aromatic carbocycles. The van der Waals surface area contributed by atoms with E-state index in [1.54, 1.807) is 29.6 Å². The van der Waals surface area contributed by atoms with Crippen LogP contribution in [0, 0.1) is 0 Å². The Morgan fingerprint density at radius 3 is 2.69 bits per heavy atom. The molecule has 84 valence electrons. The standard InChI is InChI=1S/C9H7BrN2O2S2/c10-8-4-3-7(6-11-8)12-16(13,14)9-2-1-5-15-9/h1-6,12H. The van der Waals surface area contributed by atoms with E-state index in [1.165, 1.54) is 17.5 Å². The van der Waals surface area contributed by atoms with Crippen molar-refractivity contribution in [3.05, 3.63) is 40.4 Å². The lowest BCUT2D eigenvalue weighted by atomic mass is 10.4. The first-order valence-corrected chi connectivity index (χ1v) is 7.41. The first kappa shape index (κ1) is 11.6. The van der Waals surface area contributed by atoms with Crippen LogP contribution in [0.15, 0.2) is 44.7 Å². The van der Waals surface area contributed by atoms with Crippen molar-refractivity contribution in [3.8, 4) is 0 Å². The molecule has 0 atom stereocenters. The van der Waals surface area contributed by atoms with Crippen LogP contribution >= 0.6 is 27.3 Å². The minimum atomic E-state index is -3.47. The van der Waals surface area contributed by atoms with Crippen LogP contribution in [0.2, 0.25) is 0 Å². The number of nitrogens with one attached hydrogen (secondary N) is 1. The first-order valence-electron chi connectivity index (χ1n) is 4.26. The summed E-state index contributed by atoms with van der Waals surface area (Å²) in [5, 5.41) is 1.72.